The summed E-state index contributed by atoms with van der Waals surface area (Å²) in [7, 11) is 0. The van der Waals surface area contributed by atoms with Gasteiger partial charge in [0.25, 0.3) is 0 Å². The van der Waals surface area contributed by atoms with Gasteiger partial charge in [0.2, 0.25) is 0 Å². The molecule has 1 aromatic rings. The lowest BCUT2D eigenvalue weighted by atomic mass is 10.2. The van der Waals surface area contributed by atoms with Crippen molar-refractivity contribution in [1.82, 2.24) is 0 Å². The number of hydrogen-bond acceptors (Lipinski definition) is 1. The van der Waals surface area contributed by atoms with Crippen LogP contribution in [0.15, 0.2) is 16.6 Å². The zero-order valence-electron chi connectivity index (χ0n) is 5.82. The highest BCUT2D eigenvalue weighted by molar-refractivity contribution is 9.10. The number of anilines is 1. The van der Waals surface area contributed by atoms with Gasteiger partial charge in [-0.2, -0.15) is 0 Å². The van der Waals surface area contributed by atoms with E-state index in [1.165, 1.54) is 5.56 Å². The highest BCUT2D eigenvalue weighted by Gasteiger charge is 2.14. The second kappa shape index (κ2) is 2.68. The maximum Gasteiger partial charge on any atom is 0.0596 e. The average Bonchev–Trinajstić information content (AvgIpc) is 2.45. The van der Waals surface area contributed by atoms with Crippen LogP contribution in [0.4, 0.5) is 5.69 Å². The quantitative estimate of drug-likeness (QED) is 0.725. The first-order valence-corrected chi connectivity index (χ1v) is 4.67. The van der Waals surface area contributed by atoms with Crippen molar-refractivity contribution in [2.75, 3.05) is 11.9 Å². The Morgan fingerprint density at radius 2 is 2.27 bits per heavy atom. The predicted molar refractivity (Wildman–Crippen MR) is 51.3 cm³/mol. The van der Waals surface area contributed by atoms with Crippen molar-refractivity contribution < 1.29 is 0 Å². The molecular weight excluding hydrogens is 225 g/mol. The van der Waals surface area contributed by atoms with Gasteiger partial charge in [0.05, 0.1) is 15.2 Å². The molecule has 11 heavy (non-hydrogen) atoms. The van der Waals surface area contributed by atoms with E-state index < -0.39 is 0 Å². The maximum absolute atomic E-state index is 5.91. The molecule has 1 heterocycles. The zero-order valence-corrected chi connectivity index (χ0v) is 8.17. The van der Waals surface area contributed by atoms with E-state index in [0.717, 1.165) is 28.1 Å². The highest BCUT2D eigenvalue weighted by atomic mass is 79.9. The molecule has 1 N–H and O–H groups in total. The van der Waals surface area contributed by atoms with Crippen molar-refractivity contribution >= 4 is 33.2 Å². The first kappa shape index (κ1) is 7.44. The second-order valence-corrected chi connectivity index (χ2v) is 3.77. The Morgan fingerprint density at radius 1 is 1.45 bits per heavy atom. The van der Waals surface area contributed by atoms with Crippen LogP contribution in [0.5, 0.6) is 0 Å². The molecule has 0 aromatic heterocycles. The van der Waals surface area contributed by atoms with Crippen LogP contribution in [0.25, 0.3) is 0 Å². The van der Waals surface area contributed by atoms with Crippen LogP contribution < -0.4 is 5.32 Å². The van der Waals surface area contributed by atoms with E-state index in [0.29, 0.717) is 0 Å². The molecule has 0 radical (unpaired) electrons. The van der Waals surface area contributed by atoms with Gasteiger partial charge >= 0.3 is 0 Å². The summed E-state index contributed by atoms with van der Waals surface area (Å²) in [6.45, 7) is 1.02. The highest BCUT2D eigenvalue weighted by Crippen LogP contribution is 2.35. The molecule has 0 unspecified atom stereocenters. The number of fused-ring (bicyclic) bond motifs is 1. The Labute approximate surface area is 78.9 Å². The molecule has 1 nitrogen and oxygen atoms in total. The summed E-state index contributed by atoms with van der Waals surface area (Å²) in [5, 5.41) is 4.05. The summed E-state index contributed by atoms with van der Waals surface area (Å²) in [6, 6.07) is 4.00. The topological polar surface area (TPSA) is 12.0 Å². The fraction of sp³-hybridized carbons (Fsp3) is 0.250. The van der Waals surface area contributed by atoms with Crippen molar-refractivity contribution in [3.63, 3.8) is 0 Å². The normalized spacial score (nSPS) is 14.4. The van der Waals surface area contributed by atoms with Crippen molar-refractivity contribution in [2.24, 2.45) is 0 Å². The number of benzene rings is 1. The third kappa shape index (κ3) is 1.14. The zero-order chi connectivity index (χ0) is 7.84. The van der Waals surface area contributed by atoms with Gasteiger partial charge in [-0.15, -0.1) is 0 Å². The standard InChI is InChI=1S/C8H7BrClN/c9-7-6(10)2-1-5-3-4-11-8(5)7/h1-2,11H,3-4H2. The molecule has 1 aliphatic heterocycles. The minimum absolute atomic E-state index is 0.776. The molecule has 58 valence electrons. The fourth-order valence-electron chi connectivity index (χ4n) is 1.31. The fourth-order valence-corrected chi connectivity index (χ4v) is 2.00. The minimum Gasteiger partial charge on any atom is -0.384 e. The lowest BCUT2D eigenvalue weighted by Gasteiger charge is -2.03. The van der Waals surface area contributed by atoms with E-state index >= 15 is 0 Å². The van der Waals surface area contributed by atoms with Gasteiger partial charge in [0.1, 0.15) is 0 Å². The molecule has 1 aromatic carbocycles. The lowest BCUT2D eigenvalue weighted by Crippen LogP contribution is -1.91. The van der Waals surface area contributed by atoms with Gasteiger partial charge < -0.3 is 5.32 Å². The van der Waals surface area contributed by atoms with Gasteiger partial charge in [-0.3, -0.25) is 0 Å². The van der Waals surface area contributed by atoms with E-state index in [4.69, 9.17) is 11.6 Å². The molecular formula is C8H7BrClN. The van der Waals surface area contributed by atoms with Crippen LogP contribution >= 0.6 is 27.5 Å². The Morgan fingerprint density at radius 3 is 3.09 bits per heavy atom. The summed E-state index contributed by atoms with van der Waals surface area (Å²) in [5.74, 6) is 0. The van der Waals surface area contributed by atoms with Crippen molar-refractivity contribution in [2.45, 2.75) is 6.42 Å². The van der Waals surface area contributed by atoms with Crippen molar-refractivity contribution in [1.29, 1.82) is 0 Å². The Kier molecular flexibility index (Phi) is 1.81. The number of nitrogens with one attached hydrogen (secondary N) is 1. The lowest BCUT2D eigenvalue weighted by molar-refractivity contribution is 1.11. The van der Waals surface area contributed by atoms with Crippen LogP contribution in [-0.4, -0.2) is 6.54 Å². The monoisotopic (exact) mass is 231 g/mol. The van der Waals surface area contributed by atoms with Gasteiger partial charge in [-0.05, 0) is 34.0 Å². The summed E-state index contributed by atoms with van der Waals surface area (Å²) < 4.78 is 0.995. The Bertz CT molecular complexity index is 298. The minimum atomic E-state index is 0.776. The maximum atomic E-state index is 5.91. The Hall–Kier alpha value is -0.210. The summed E-state index contributed by atoms with van der Waals surface area (Å²) in [4.78, 5) is 0. The van der Waals surface area contributed by atoms with Crippen LogP contribution in [0.3, 0.4) is 0 Å². The molecule has 0 atom stereocenters. The predicted octanol–water partition coefficient (Wildman–Crippen LogP) is 3.07. The number of halogens is 2. The van der Waals surface area contributed by atoms with E-state index in [1.807, 2.05) is 6.07 Å². The van der Waals surface area contributed by atoms with E-state index in [1.54, 1.807) is 0 Å². The molecule has 3 heteroatoms. The molecule has 0 aliphatic carbocycles. The molecule has 0 spiro atoms. The van der Waals surface area contributed by atoms with E-state index in [9.17, 15) is 0 Å². The van der Waals surface area contributed by atoms with Crippen LogP contribution in [0, 0.1) is 0 Å². The van der Waals surface area contributed by atoms with Gasteiger partial charge in [0.15, 0.2) is 0 Å². The Balaban J connectivity index is 2.62. The van der Waals surface area contributed by atoms with Gasteiger partial charge in [0, 0.05) is 6.54 Å². The second-order valence-electron chi connectivity index (χ2n) is 2.57. The largest absolute Gasteiger partial charge is 0.384 e. The van der Waals surface area contributed by atoms with Crippen LogP contribution in [-0.2, 0) is 6.42 Å². The third-order valence-corrected chi connectivity index (χ3v) is 3.24. The first-order valence-electron chi connectivity index (χ1n) is 3.50. The molecule has 1 aliphatic rings. The number of rotatable bonds is 0. The molecule has 0 amide bonds. The van der Waals surface area contributed by atoms with Crippen molar-refractivity contribution in [3.05, 3.63) is 27.2 Å². The van der Waals surface area contributed by atoms with E-state index in [-0.39, 0.29) is 0 Å². The molecule has 2 rings (SSSR count). The third-order valence-electron chi connectivity index (χ3n) is 1.88. The summed E-state index contributed by atoms with van der Waals surface area (Å²) in [6.07, 6.45) is 1.10. The summed E-state index contributed by atoms with van der Waals surface area (Å²) >= 11 is 9.34. The molecule has 0 saturated carbocycles. The van der Waals surface area contributed by atoms with Crippen LogP contribution in [0.1, 0.15) is 5.56 Å². The summed E-state index contributed by atoms with van der Waals surface area (Å²) in [5.41, 5.74) is 2.51. The smallest absolute Gasteiger partial charge is 0.0596 e. The first-order chi connectivity index (χ1) is 5.29. The van der Waals surface area contributed by atoms with Gasteiger partial charge in [-0.1, -0.05) is 17.7 Å². The SMILES string of the molecule is Clc1ccc2c(c1Br)NCC2. The van der Waals surface area contributed by atoms with E-state index in [2.05, 4.69) is 27.3 Å². The van der Waals surface area contributed by atoms with Crippen molar-refractivity contribution in [3.8, 4) is 0 Å². The van der Waals surface area contributed by atoms with Gasteiger partial charge in [-0.25, -0.2) is 0 Å². The molecule has 0 saturated heterocycles. The average molecular weight is 233 g/mol. The van der Waals surface area contributed by atoms with Crippen LogP contribution in [0.2, 0.25) is 5.02 Å². The number of hydrogen-bond donors (Lipinski definition) is 1. The molecule has 0 bridgehead atoms. The molecule has 0 fully saturated rings.